The van der Waals surface area contributed by atoms with Crippen molar-refractivity contribution in [3.63, 3.8) is 0 Å². The quantitative estimate of drug-likeness (QED) is 0.605. The van der Waals surface area contributed by atoms with Gasteiger partial charge in [0.1, 0.15) is 0 Å². The summed E-state index contributed by atoms with van der Waals surface area (Å²) in [6, 6.07) is 0. The summed E-state index contributed by atoms with van der Waals surface area (Å²) >= 11 is 0. The van der Waals surface area contributed by atoms with Gasteiger partial charge in [0.2, 0.25) is 5.91 Å². The second-order valence-corrected chi connectivity index (χ2v) is 4.89. The molecule has 2 rings (SSSR count). The number of rotatable bonds is 1. The lowest BCUT2D eigenvalue weighted by molar-refractivity contribution is -0.130. The van der Waals surface area contributed by atoms with Crippen molar-refractivity contribution in [1.29, 1.82) is 0 Å². The van der Waals surface area contributed by atoms with Crippen LogP contribution in [0.1, 0.15) is 39.0 Å². The first kappa shape index (κ1) is 10.7. The summed E-state index contributed by atoms with van der Waals surface area (Å²) in [6.07, 6.45) is 11.0. The van der Waals surface area contributed by atoms with Gasteiger partial charge in [0, 0.05) is 20.0 Å². The van der Waals surface area contributed by atoms with Gasteiger partial charge in [0.15, 0.2) is 0 Å². The van der Waals surface area contributed by atoms with Crippen molar-refractivity contribution in [3.8, 4) is 0 Å². The molecule has 1 saturated heterocycles. The predicted molar refractivity (Wildman–Crippen MR) is 61.5 cm³/mol. The lowest BCUT2D eigenvalue weighted by Gasteiger charge is -2.36. The fraction of sp³-hybridized carbons (Fsp3) is 0.769. The molecule has 84 valence electrons. The Morgan fingerprint density at radius 1 is 1.13 bits per heavy atom. The van der Waals surface area contributed by atoms with E-state index < -0.39 is 0 Å². The molecular weight excluding hydrogens is 186 g/mol. The van der Waals surface area contributed by atoms with Crippen molar-refractivity contribution in [1.82, 2.24) is 4.90 Å². The second-order valence-electron chi connectivity index (χ2n) is 4.89. The largest absolute Gasteiger partial charge is 0.343 e. The number of hydrogen-bond donors (Lipinski definition) is 0. The molecule has 1 aliphatic heterocycles. The molecule has 1 atom stereocenters. The number of nitrogens with zero attached hydrogens (tertiary/aromatic N) is 1. The van der Waals surface area contributed by atoms with Crippen LogP contribution >= 0.6 is 0 Å². The van der Waals surface area contributed by atoms with Gasteiger partial charge in [0.25, 0.3) is 0 Å². The highest BCUT2D eigenvalue weighted by Gasteiger charge is 2.26. The molecule has 0 spiro atoms. The van der Waals surface area contributed by atoms with Crippen molar-refractivity contribution in [2.75, 3.05) is 13.1 Å². The molecular formula is C13H21NO. The maximum Gasteiger partial charge on any atom is 0.219 e. The van der Waals surface area contributed by atoms with Gasteiger partial charge in [-0.25, -0.2) is 0 Å². The van der Waals surface area contributed by atoms with Crippen molar-refractivity contribution < 1.29 is 4.79 Å². The van der Waals surface area contributed by atoms with E-state index in [2.05, 4.69) is 12.2 Å². The first-order chi connectivity index (χ1) is 7.27. The normalized spacial score (nSPS) is 28.1. The number of carbonyl (C=O) groups excluding carboxylic acids is 1. The molecule has 0 N–H and O–H groups in total. The summed E-state index contributed by atoms with van der Waals surface area (Å²) in [5, 5.41) is 0. The molecule has 0 aromatic rings. The van der Waals surface area contributed by atoms with Crippen LogP contribution < -0.4 is 0 Å². The van der Waals surface area contributed by atoms with E-state index >= 15 is 0 Å². The standard InChI is InChI=1S/C13H21NO/c1-11(15)14-9-7-13(8-10-14)12-5-3-2-4-6-12/h2-3,12-13H,4-10H2,1H3. The Labute approximate surface area is 92.3 Å². The minimum atomic E-state index is 0.247. The van der Waals surface area contributed by atoms with Gasteiger partial charge in [0.05, 0.1) is 0 Å². The van der Waals surface area contributed by atoms with E-state index in [0.29, 0.717) is 0 Å². The minimum absolute atomic E-state index is 0.247. The lowest BCUT2D eigenvalue weighted by Crippen LogP contribution is -2.39. The Morgan fingerprint density at radius 3 is 2.40 bits per heavy atom. The smallest absolute Gasteiger partial charge is 0.219 e. The van der Waals surface area contributed by atoms with Crippen LogP contribution in [0.2, 0.25) is 0 Å². The molecule has 0 bridgehead atoms. The summed E-state index contributed by atoms with van der Waals surface area (Å²) in [5.74, 6) is 2.01. The van der Waals surface area contributed by atoms with Crippen LogP contribution in [0, 0.1) is 11.8 Å². The van der Waals surface area contributed by atoms with E-state index in [9.17, 15) is 4.79 Å². The highest BCUT2D eigenvalue weighted by molar-refractivity contribution is 5.73. The van der Waals surface area contributed by atoms with Crippen LogP contribution in [0.15, 0.2) is 12.2 Å². The Balaban J connectivity index is 1.82. The molecule has 0 radical (unpaired) electrons. The van der Waals surface area contributed by atoms with Gasteiger partial charge in [-0.3, -0.25) is 4.79 Å². The molecule has 0 saturated carbocycles. The molecule has 2 heteroatoms. The Kier molecular flexibility index (Phi) is 3.45. The highest BCUT2D eigenvalue weighted by Crippen LogP contribution is 2.33. The van der Waals surface area contributed by atoms with E-state index in [0.717, 1.165) is 24.9 Å². The predicted octanol–water partition coefficient (Wildman–Crippen LogP) is 2.60. The number of likely N-dealkylation sites (tertiary alicyclic amines) is 1. The third kappa shape index (κ3) is 2.61. The van der Waals surface area contributed by atoms with Crippen LogP contribution in [-0.2, 0) is 4.79 Å². The summed E-state index contributed by atoms with van der Waals surface area (Å²) < 4.78 is 0. The Morgan fingerprint density at radius 2 is 1.87 bits per heavy atom. The molecule has 1 unspecified atom stereocenters. The van der Waals surface area contributed by atoms with Gasteiger partial charge >= 0.3 is 0 Å². The lowest BCUT2D eigenvalue weighted by atomic mass is 9.78. The topological polar surface area (TPSA) is 20.3 Å². The Bertz CT molecular complexity index is 251. The maximum absolute atomic E-state index is 11.2. The molecule has 0 aromatic carbocycles. The fourth-order valence-corrected chi connectivity index (χ4v) is 2.93. The van der Waals surface area contributed by atoms with Crippen molar-refractivity contribution in [3.05, 3.63) is 12.2 Å². The zero-order chi connectivity index (χ0) is 10.7. The number of amides is 1. The van der Waals surface area contributed by atoms with Crippen LogP contribution in [0.25, 0.3) is 0 Å². The third-order valence-corrected chi connectivity index (χ3v) is 3.96. The highest BCUT2D eigenvalue weighted by atomic mass is 16.2. The molecule has 1 fully saturated rings. The molecule has 0 aromatic heterocycles. The number of allylic oxidation sites excluding steroid dienone is 2. The van der Waals surface area contributed by atoms with Gasteiger partial charge < -0.3 is 4.90 Å². The number of carbonyl (C=O) groups is 1. The van der Waals surface area contributed by atoms with Crippen LogP contribution in [0.5, 0.6) is 0 Å². The van der Waals surface area contributed by atoms with E-state index in [4.69, 9.17) is 0 Å². The fourth-order valence-electron chi connectivity index (χ4n) is 2.93. The van der Waals surface area contributed by atoms with Gasteiger partial charge in [-0.1, -0.05) is 12.2 Å². The monoisotopic (exact) mass is 207 g/mol. The first-order valence-electron chi connectivity index (χ1n) is 6.18. The summed E-state index contributed by atoms with van der Waals surface area (Å²) in [4.78, 5) is 13.2. The summed E-state index contributed by atoms with van der Waals surface area (Å²) in [6.45, 7) is 3.66. The van der Waals surface area contributed by atoms with Crippen LogP contribution in [0.4, 0.5) is 0 Å². The van der Waals surface area contributed by atoms with Gasteiger partial charge in [-0.2, -0.15) is 0 Å². The number of piperidine rings is 1. The molecule has 1 aliphatic carbocycles. The van der Waals surface area contributed by atoms with Crippen LogP contribution in [0.3, 0.4) is 0 Å². The van der Waals surface area contributed by atoms with Gasteiger partial charge in [-0.05, 0) is 43.9 Å². The van der Waals surface area contributed by atoms with E-state index in [1.807, 2.05) is 4.90 Å². The van der Waals surface area contributed by atoms with Crippen molar-refractivity contribution in [2.24, 2.45) is 11.8 Å². The zero-order valence-electron chi connectivity index (χ0n) is 9.61. The molecule has 1 heterocycles. The van der Waals surface area contributed by atoms with E-state index in [-0.39, 0.29) is 5.91 Å². The minimum Gasteiger partial charge on any atom is -0.343 e. The third-order valence-electron chi connectivity index (χ3n) is 3.96. The van der Waals surface area contributed by atoms with Crippen molar-refractivity contribution >= 4 is 5.91 Å². The summed E-state index contributed by atoms with van der Waals surface area (Å²) in [7, 11) is 0. The zero-order valence-corrected chi connectivity index (χ0v) is 9.61. The average molecular weight is 207 g/mol. The SMILES string of the molecule is CC(=O)N1CCC(C2CC=CCC2)CC1. The van der Waals surface area contributed by atoms with Crippen LogP contribution in [-0.4, -0.2) is 23.9 Å². The molecule has 15 heavy (non-hydrogen) atoms. The van der Waals surface area contributed by atoms with E-state index in [1.54, 1.807) is 6.92 Å². The van der Waals surface area contributed by atoms with Gasteiger partial charge in [-0.15, -0.1) is 0 Å². The number of hydrogen-bond acceptors (Lipinski definition) is 1. The maximum atomic E-state index is 11.2. The molecule has 1 amide bonds. The first-order valence-corrected chi connectivity index (χ1v) is 6.18. The Hall–Kier alpha value is -0.790. The summed E-state index contributed by atoms with van der Waals surface area (Å²) in [5.41, 5.74) is 0. The molecule has 2 aliphatic rings. The van der Waals surface area contributed by atoms with E-state index in [1.165, 1.54) is 32.1 Å². The average Bonchev–Trinajstić information content (AvgIpc) is 2.30. The molecule has 2 nitrogen and oxygen atoms in total. The van der Waals surface area contributed by atoms with Crippen molar-refractivity contribution in [2.45, 2.75) is 39.0 Å². The second kappa shape index (κ2) is 4.82.